The first kappa shape index (κ1) is 5.83. The van der Waals surface area contributed by atoms with Gasteiger partial charge in [-0.2, -0.15) is 0 Å². The third kappa shape index (κ3) is 0.920. The number of hydrogen-bond acceptors (Lipinski definition) is 1. The average Bonchev–Trinajstić information content (AvgIpc) is 2.42. The van der Waals surface area contributed by atoms with Gasteiger partial charge in [0, 0.05) is 0 Å². The van der Waals surface area contributed by atoms with Crippen LogP contribution < -0.4 is 5.73 Å². The average molecular weight is 111 g/mol. The van der Waals surface area contributed by atoms with Gasteiger partial charge < -0.3 is 5.73 Å². The van der Waals surface area contributed by atoms with Crippen molar-refractivity contribution in [1.29, 1.82) is 0 Å². The van der Waals surface area contributed by atoms with Gasteiger partial charge in [-0.15, -0.1) is 0 Å². The standard InChI is InChI=1S/C7H13N/c1-5(2)7-3-6(7)4-8/h6-7H,1,3-4,8H2,2H3. The van der Waals surface area contributed by atoms with Gasteiger partial charge in [0.2, 0.25) is 0 Å². The Labute approximate surface area is 50.6 Å². The van der Waals surface area contributed by atoms with Gasteiger partial charge in [0.1, 0.15) is 0 Å². The van der Waals surface area contributed by atoms with Crippen LogP contribution in [0, 0.1) is 11.8 Å². The fourth-order valence-corrected chi connectivity index (χ4v) is 1.11. The third-order valence-electron chi connectivity index (χ3n) is 1.86. The number of hydrogen-bond donors (Lipinski definition) is 1. The molecule has 1 saturated carbocycles. The Balaban J connectivity index is 2.26. The zero-order valence-electron chi connectivity index (χ0n) is 5.35. The molecule has 2 unspecified atom stereocenters. The van der Waals surface area contributed by atoms with Crippen LogP contribution in [0.15, 0.2) is 12.2 Å². The lowest BCUT2D eigenvalue weighted by atomic mass is 10.2. The summed E-state index contributed by atoms with van der Waals surface area (Å²) in [6, 6.07) is 0. The summed E-state index contributed by atoms with van der Waals surface area (Å²) in [5.74, 6) is 1.53. The van der Waals surface area contributed by atoms with E-state index in [0.717, 1.165) is 18.4 Å². The van der Waals surface area contributed by atoms with E-state index >= 15 is 0 Å². The van der Waals surface area contributed by atoms with E-state index in [2.05, 4.69) is 13.5 Å². The van der Waals surface area contributed by atoms with E-state index < -0.39 is 0 Å². The molecule has 0 aromatic heterocycles. The van der Waals surface area contributed by atoms with E-state index in [0.29, 0.717) is 0 Å². The molecule has 0 aromatic rings. The normalized spacial score (nSPS) is 34.8. The van der Waals surface area contributed by atoms with Gasteiger partial charge in [-0.1, -0.05) is 12.2 Å². The highest BCUT2D eigenvalue weighted by atomic mass is 14.6. The minimum absolute atomic E-state index is 0.764. The molecule has 0 saturated heterocycles. The Morgan fingerprint density at radius 2 is 2.50 bits per heavy atom. The summed E-state index contributed by atoms with van der Waals surface area (Å²) in [4.78, 5) is 0. The first-order chi connectivity index (χ1) is 3.75. The SMILES string of the molecule is C=C(C)C1CC1CN. The van der Waals surface area contributed by atoms with Crippen LogP contribution in [0.5, 0.6) is 0 Å². The van der Waals surface area contributed by atoms with Gasteiger partial charge in [-0.3, -0.25) is 0 Å². The van der Waals surface area contributed by atoms with E-state index in [4.69, 9.17) is 5.73 Å². The van der Waals surface area contributed by atoms with Crippen LogP contribution in [0.25, 0.3) is 0 Å². The molecule has 0 bridgehead atoms. The van der Waals surface area contributed by atoms with Crippen molar-refractivity contribution in [2.24, 2.45) is 17.6 Å². The second-order valence-corrected chi connectivity index (χ2v) is 2.68. The molecule has 2 atom stereocenters. The van der Waals surface area contributed by atoms with Gasteiger partial charge in [0.25, 0.3) is 0 Å². The smallest absolute Gasteiger partial charge is 0.00429 e. The van der Waals surface area contributed by atoms with Crippen LogP contribution in [0.1, 0.15) is 13.3 Å². The molecule has 0 radical (unpaired) electrons. The highest BCUT2D eigenvalue weighted by molar-refractivity contribution is 5.08. The molecule has 0 aliphatic heterocycles. The van der Waals surface area contributed by atoms with Crippen molar-refractivity contribution in [2.45, 2.75) is 13.3 Å². The summed E-state index contributed by atoms with van der Waals surface area (Å²) in [5, 5.41) is 0. The van der Waals surface area contributed by atoms with Gasteiger partial charge >= 0.3 is 0 Å². The number of nitrogens with two attached hydrogens (primary N) is 1. The Hall–Kier alpha value is -0.300. The zero-order chi connectivity index (χ0) is 6.15. The first-order valence-electron chi connectivity index (χ1n) is 3.11. The third-order valence-corrected chi connectivity index (χ3v) is 1.86. The second-order valence-electron chi connectivity index (χ2n) is 2.68. The Morgan fingerprint density at radius 3 is 2.62 bits per heavy atom. The lowest BCUT2D eigenvalue weighted by Crippen LogP contribution is -2.02. The molecule has 1 fully saturated rings. The fourth-order valence-electron chi connectivity index (χ4n) is 1.11. The summed E-state index contributed by atoms with van der Waals surface area (Å²) in [5.41, 5.74) is 6.73. The van der Waals surface area contributed by atoms with Crippen molar-refractivity contribution in [3.05, 3.63) is 12.2 Å². The summed E-state index contributed by atoms with van der Waals surface area (Å²) in [6.07, 6.45) is 1.28. The Bertz CT molecular complexity index is 107. The maximum Gasteiger partial charge on any atom is -0.00429 e. The first-order valence-corrected chi connectivity index (χ1v) is 3.11. The second kappa shape index (κ2) is 1.90. The highest BCUT2D eigenvalue weighted by Gasteiger charge is 2.35. The van der Waals surface area contributed by atoms with Crippen molar-refractivity contribution in [3.8, 4) is 0 Å². The van der Waals surface area contributed by atoms with Crippen LogP contribution in [-0.2, 0) is 0 Å². The van der Waals surface area contributed by atoms with E-state index in [1.54, 1.807) is 0 Å². The number of rotatable bonds is 2. The van der Waals surface area contributed by atoms with Crippen molar-refractivity contribution < 1.29 is 0 Å². The summed E-state index contributed by atoms with van der Waals surface area (Å²) in [7, 11) is 0. The van der Waals surface area contributed by atoms with Gasteiger partial charge in [-0.25, -0.2) is 0 Å². The van der Waals surface area contributed by atoms with E-state index in [9.17, 15) is 0 Å². The lowest BCUT2D eigenvalue weighted by Gasteiger charge is -1.91. The molecule has 1 nitrogen and oxygen atoms in total. The zero-order valence-corrected chi connectivity index (χ0v) is 5.35. The van der Waals surface area contributed by atoms with E-state index in [-0.39, 0.29) is 0 Å². The molecule has 1 aliphatic rings. The van der Waals surface area contributed by atoms with Gasteiger partial charge in [-0.05, 0) is 31.7 Å². The molecule has 0 amide bonds. The minimum Gasteiger partial charge on any atom is -0.330 e. The van der Waals surface area contributed by atoms with Crippen LogP contribution in [-0.4, -0.2) is 6.54 Å². The van der Waals surface area contributed by atoms with Crippen molar-refractivity contribution >= 4 is 0 Å². The maximum atomic E-state index is 5.42. The largest absolute Gasteiger partial charge is 0.330 e. The van der Waals surface area contributed by atoms with Crippen LogP contribution >= 0.6 is 0 Å². The Morgan fingerprint density at radius 1 is 1.88 bits per heavy atom. The van der Waals surface area contributed by atoms with E-state index in [1.807, 2.05) is 0 Å². The van der Waals surface area contributed by atoms with Crippen molar-refractivity contribution in [3.63, 3.8) is 0 Å². The topological polar surface area (TPSA) is 26.0 Å². The molecule has 1 aliphatic carbocycles. The fraction of sp³-hybridized carbons (Fsp3) is 0.714. The summed E-state index contributed by atoms with van der Waals surface area (Å²) < 4.78 is 0. The van der Waals surface area contributed by atoms with Crippen LogP contribution in [0.2, 0.25) is 0 Å². The van der Waals surface area contributed by atoms with Gasteiger partial charge in [0.05, 0.1) is 0 Å². The lowest BCUT2D eigenvalue weighted by molar-refractivity contribution is 0.777. The molecule has 2 N–H and O–H groups in total. The Kier molecular flexibility index (Phi) is 1.39. The monoisotopic (exact) mass is 111 g/mol. The quantitative estimate of drug-likeness (QED) is 0.532. The van der Waals surface area contributed by atoms with Crippen LogP contribution in [0.3, 0.4) is 0 Å². The molecule has 1 heteroatoms. The van der Waals surface area contributed by atoms with E-state index in [1.165, 1.54) is 12.0 Å². The molecular weight excluding hydrogens is 98.1 g/mol. The van der Waals surface area contributed by atoms with Crippen LogP contribution in [0.4, 0.5) is 0 Å². The molecule has 8 heavy (non-hydrogen) atoms. The number of allylic oxidation sites excluding steroid dienone is 1. The summed E-state index contributed by atoms with van der Waals surface area (Å²) >= 11 is 0. The summed E-state index contributed by atoms with van der Waals surface area (Å²) in [6.45, 7) is 6.79. The highest BCUT2D eigenvalue weighted by Crippen LogP contribution is 2.42. The molecule has 0 heterocycles. The molecular formula is C7H13N. The predicted octanol–water partition coefficient (Wildman–Crippen LogP) is 1.16. The molecule has 0 aromatic carbocycles. The van der Waals surface area contributed by atoms with Crippen molar-refractivity contribution in [2.75, 3.05) is 6.54 Å². The molecule has 46 valence electrons. The maximum absolute atomic E-state index is 5.42. The van der Waals surface area contributed by atoms with Gasteiger partial charge in [0.15, 0.2) is 0 Å². The minimum atomic E-state index is 0.764. The molecule has 0 spiro atoms. The van der Waals surface area contributed by atoms with Crippen molar-refractivity contribution in [1.82, 2.24) is 0 Å². The predicted molar refractivity (Wildman–Crippen MR) is 35.5 cm³/mol. The molecule has 1 rings (SSSR count).